The molecule has 0 radical (unpaired) electrons. The molecule has 1 heterocycles. The highest BCUT2D eigenvalue weighted by Gasteiger charge is 2.28. The topological polar surface area (TPSA) is 29.1 Å². The van der Waals surface area contributed by atoms with Crippen molar-refractivity contribution in [2.75, 3.05) is 0 Å². The van der Waals surface area contributed by atoms with Crippen LogP contribution >= 0.6 is 0 Å². The summed E-state index contributed by atoms with van der Waals surface area (Å²) in [5, 5.41) is 3.01. The monoisotopic (exact) mass is 214 g/mol. The fraction of sp³-hybridized carbons (Fsp3) is 0.357. The lowest BCUT2D eigenvalue weighted by Gasteiger charge is -2.30. The van der Waals surface area contributed by atoms with Crippen molar-refractivity contribution in [1.82, 2.24) is 5.32 Å². The summed E-state index contributed by atoms with van der Waals surface area (Å²) in [7, 11) is 0. The third kappa shape index (κ3) is 1.37. The van der Waals surface area contributed by atoms with E-state index < -0.39 is 0 Å². The van der Waals surface area contributed by atoms with E-state index in [0.29, 0.717) is 6.04 Å². The third-order valence-corrected chi connectivity index (χ3v) is 3.52. The number of amides is 1. The molecule has 1 atom stereocenters. The van der Waals surface area contributed by atoms with Gasteiger partial charge in [0.25, 0.3) is 0 Å². The Balaban J connectivity index is 2.12. The number of nitrogens with one attached hydrogen (secondary N) is 1. The van der Waals surface area contributed by atoms with Crippen molar-refractivity contribution in [3.05, 3.63) is 40.9 Å². The van der Waals surface area contributed by atoms with Crippen LogP contribution in [0.3, 0.4) is 0 Å². The predicted octanol–water partition coefficient (Wildman–Crippen LogP) is 2.50. The standard InChI is InChI=1S/C14H15NO/c1-9-8-11-7-6-10-4-2-3-5-12(10)13(11)15-14(9)16/h2-5,9H,6-8H2,1H3,(H,15,16)/i3D. The van der Waals surface area contributed by atoms with Gasteiger partial charge in [0, 0.05) is 17.2 Å². The van der Waals surface area contributed by atoms with Gasteiger partial charge in [-0.1, -0.05) is 31.2 Å². The van der Waals surface area contributed by atoms with Crippen molar-refractivity contribution in [3.8, 4) is 0 Å². The van der Waals surface area contributed by atoms with Crippen molar-refractivity contribution in [2.24, 2.45) is 5.92 Å². The van der Waals surface area contributed by atoms with Crippen LogP contribution in [0.5, 0.6) is 0 Å². The van der Waals surface area contributed by atoms with E-state index in [9.17, 15) is 4.79 Å². The van der Waals surface area contributed by atoms with Gasteiger partial charge >= 0.3 is 0 Å². The first-order valence-corrected chi connectivity index (χ1v) is 5.78. The minimum absolute atomic E-state index is 0.0782. The summed E-state index contributed by atoms with van der Waals surface area (Å²) < 4.78 is 7.70. The van der Waals surface area contributed by atoms with Gasteiger partial charge in [0.15, 0.2) is 0 Å². The minimum Gasteiger partial charge on any atom is -0.325 e. The molecular formula is C14H15NO. The first kappa shape index (κ1) is 8.57. The molecule has 0 aromatic heterocycles. The number of aryl methyl sites for hydroxylation is 1. The van der Waals surface area contributed by atoms with E-state index in [-0.39, 0.29) is 11.8 Å². The quantitative estimate of drug-likeness (QED) is 0.706. The predicted molar refractivity (Wildman–Crippen MR) is 63.6 cm³/mol. The van der Waals surface area contributed by atoms with E-state index in [1.165, 1.54) is 11.1 Å². The van der Waals surface area contributed by atoms with Gasteiger partial charge in [-0.15, -0.1) is 0 Å². The zero-order valence-corrected chi connectivity index (χ0v) is 9.34. The summed E-state index contributed by atoms with van der Waals surface area (Å²) in [6.45, 7) is 1.97. The second-order valence-electron chi connectivity index (χ2n) is 4.66. The van der Waals surface area contributed by atoms with Gasteiger partial charge < -0.3 is 5.32 Å². The van der Waals surface area contributed by atoms with Crippen LogP contribution in [0.2, 0.25) is 0 Å². The molecule has 2 nitrogen and oxygen atoms in total. The molecule has 82 valence electrons. The summed E-state index contributed by atoms with van der Waals surface area (Å²) in [5.41, 5.74) is 4.62. The Kier molecular flexibility index (Phi) is 1.86. The second kappa shape index (κ2) is 3.48. The van der Waals surface area contributed by atoms with Crippen LogP contribution in [0.15, 0.2) is 29.8 Å². The molecule has 0 saturated carbocycles. The number of carbonyl (C=O) groups excluding carboxylic acids is 1. The molecule has 1 aliphatic heterocycles. The zero-order valence-electron chi connectivity index (χ0n) is 10.3. The number of benzene rings is 1. The lowest BCUT2D eigenvalue weighted by Crippen LogP contribution is -2.35. The maximum absolute atomic E-state index is 11.8. The Morgan fingerprint density at radius 1 is 1.44 bits per heavy atom. The molecule has 0 spiro atoms. The number of hydrogen-bond donors (Lipinski definition) is 1. The number of fused-ring (bicyclic) bond motifs is 2. The van der Waals surface area contributed by atoms with Crippen LogP contribution in [0.25, 0.3) is 5.70 Å². The Hall–Kier alpha value is -1.57. The summed E-state index contributed by atoms with van der Waals surface area (Å²) in [6, 6.07) is 6.19. The Morgan fingerprint density at radius 2 is 2.31 bits per heavy atom. The summed E-state index contributed by atoms with van der Waals surface area (Å²) in [5.74, 6) is 0.182. The van der Waals surface area contributed by atoms with Gasteiger partial charge in [0.2, 0.25) is 5.91 Å². The highest BCUT2D eigenvalue weighted by molar-refractivity contribution is 5.92. The van der Waals surface area contributed by atoms with Crippen LogP contribution in [0, 0.1) is 5.92 Å². The van der Waals surface area contributed by atoms with E-state index in [1.54, 1.807) is 0 Å². The first-order chi connectivity index (χ1) is 8.15. The van der Waals surface area contributed by atoms with E-state index in [4.69, 9.17) is 1.37 Å². The second-order valence-corrected chi connectivity index (χ2v) is 4.66. The lowest BCUT2D eigenvalue weighted by molar-refractivity contribution is -0.123. The van der Waals surface area contributed by atoms with Crippen LogP contribution in [-0.4, -0.2) is 5.91 Å². The molecule has 1 aromatic carbocycles. The van der Waals surface area contributed by atoms with Gasteiger partial charge in [0.1, 0.15) is 0 Å². The molecule has 2 aliphatic rings. The third-order valence-electron chi connectivity index (χ3n) is 3.52. The minimum atomic E-state index is 0.0782. The maximum Gasteiger partial charge on any atom is 0.227 e. The average molecular weight is 214 g/mol. The lowest BCUT2D eigenvalue weighted by atomic mass is 9.82. The summed E-state index contributed by atoms with van der Waals surface area (Å²) in [6.07, 6.45) is 2.92. The molecule has 1 aromatic rings. The van der Waals surface area contributed by atoms with Gasteiger partial charge in [-0.05, 0) is 30.4 Å². The molecule has 0 fully saturated rings. The molecule has 16 heavy (non-hydrogen) atoms. The fourth-order valence-corrected chi connectivity index (χ4v) is 2.58. The molecule has 2 heteroatoms. The number of allylic oxidation sites excluding steroid dienone is 1. The van der Waals surface area contributed by atoms with E-state index in [0.717, 1.165) is 30.5 Å². The highest BCUT2D eigenvalue weighted by Crippen LogP contribution is 2.35. The Morgan fingerprint density at radius 3 is 3.19 bits per heavy atom. The molecule has 1 unspecified atom stereocenters. The summed E-state index contributed by atoms with van der Waals surface area (Å²) in [4.78, 5) is 11.8. The molecular weight excluding hydrogens is 198 g/mol. The van der Waals surface area contributed by atoms with Gasteiger partial charge in [-0.25, -0.2) is 0 Å². The molecule has 1 aliphatic carbocycles. The average Bonchev–Trinajstić information content (AvgIpc) is 2.31. The molecule has 0 bridgehead atoms. The van der Waals surface area contributed by atoms with Gasteiger partial charge in [-0.2, -0.15) is 0 Å². The zero-order chi connectivity index (χ0) is 12.0. The molecule has 1 N–H and O–H groups in total. The van der Waals surface area contributed by atoms with Crippen molar-refractivity contribution in [3.63, 3.8) is 0 Å². The van der Waals surface area contributed by atoms with E-state index in [1.807, 2.05) is 25.1 Å². The van der Waals surface area contributed by atoms with Crippen LogP contribution < -0.4 is 5.32 Å². The molecule has 0 saturated heterocycles. The largest absolute Gasteiger partial charge is 0.325 e. The number of hydrogen-bond acceptors (Lipinski definition) is 1. The van der Waals surface area contributed by atoms with Crippen molar-refractivity contribution < 1.29 is 6.17 Å². The maximum atomic E-state index is 11.8. The summed E-state index contributed by atoms with van der Waals surface area (Å²) >= 11 is 0. The Bertz CT molecular complexity index is 533. The highest BCUT2D eigenvalue weighted by atomic mass is 16.1. The van der Waals surface area contributed by atoms with Crippen molar-refractivity contribution in [2.45, 2.75) is 26.2 Å². The SMILES string of the molecule is [2H]c1ccc2c(c1)C1=C(CC2)CC(C)C(=O)N1. The van der Waals surface area contributed by atoms with Gasteiger partial charge in [0.05, 0.1) is 1.37 Å². The number of rotatable bonds is 0. The molecule has 3 rings (SSSR count). The van der Waals surface area contributed by atoms with Crippen molar-refractivity contribution >= 4 is 11.6 Å². The smallest absolute Gasteiger partial charge is 0.227 e. The fourth-order valence-electron chi connectivity index (χ4n) is 2.58. The van der Waals surface area contributed by atoms with Crippen LogP contribution in [-0.2, 0) is 11.2 Å². The van der Waals surface area contributed by atoms with Gasteiger partial charge in [-0.3, -0.25) is 4.79 Å². The Labute approximate surface area is 96.8 Å². The number of carbonyl (C=O) groups is 1. The van der Waals surface area contributed by atoms with E-state index in [2.05, 4.69) is 5.32 Å². The normalized spacial score (nSPS) is 24.4. The van der Waals surface area contributed by atoms with E-state index >= 15 is 0 Å². The molecule has 1 amide bonds. The van der Waals surface area contributed by atoms with Crippen LogP contribution in [0.4, 0.5) is 0 Å². The van der Waals surface area contributed by atoms with Crippen LogP contribution in [0.1, 0.15) is 32.3 Å². The first-order valence-electron chi connectivity index (χ1n) is 6.28. The van der Waals surface area contributed by atoms with Crippen molar-refractivity contribution in [1.29, 1.82) is 0 Å².